The van der Waals surface area contributed by atoms with Crippen LogP contribution in [0.4, 0.5) is 0 Å². The van der Waals surface area contributed by atoms with Crippen molar-refractivity contribution >= 4 is 0 Å². The number of rotatable bonds is 0. The zero-order chi connectivity index (χ0) is 7.03. The van der Waals surface area contributed by atoms with Crippen molar-refractivity contribution in [2.75, 3.05) is 13.1 Å². The van der Waals surface area contributed by atoms with E-state index in [2.05, 4.69) is 23.1 Å². The van der Waals surface area contributed by atoms with Gasteiger partial charge in [0.25, 0.3) is 0 Å². The van der Waals surface area contributed by atoms with Crippen LogP contribution in [0, 0.1) is 11.3 Å². The molecule has 1 atom stereocenters. The van der Waals surface area contributed by atoms with Crippen molar-refractivity contribution in [3.8, 4) is 6.07 Å². The van der Waals surface area contributed by atoms with Crippen molar-refractivity contribution < 1.29 is 0 Å². The second kappa shape index (κ2) is 1.83. The lowest BCUT2D eigenvalue weighted by Gasteiger charge is -2.22. The highest BCUT2D eigenvalue weighted by atomic mass is 15.2. The molecule has 2 heteroatoms. The van der Waals surface area contributed by atoms with E-state index in [1.807, 2.05) is 0 Å². The number of nitrogens with zero attached hydrogens (tertiary/aromatic N) is 2. The molecule has 0 bridgehead atoms. The molecule has 10 heavy (non-hydrogen) atoms. The molecule has 0 spiro atoms. The minimum absolute atomic E-state index is 0.194. The molecule has 2 nitrogen and oxygen atoms in total. The van der Waals surface area contributed by atoms with Crippen LogP contribution in [-0.2, 0) is 0 Å². The average molecular weight is 134 g/mol. The van der Waals surface area contributed by atoms with Crippen LogP contribution in [0.25, 0.3) is 0 Å². The Morgan fingerprint density at radius 1 is 1.60 bits per heavy atom. The lowest BCUT2D eigenvalue weighted by molar-refractivity contribution is 0.283. The van der Waals surface area contributed by atoms with Crippen LogP contribution in [0.2, 0.25) is 0 Å². The molecule has 52 valence electrons. The summed E-state index contributed by atoms with van der Waals surface area (Å²) in [6.45, 7) is 2.08. The fraction of sp³-hybridized carbons (Fsp3) is 0.625. The summed E-state index contributed by atoms with van der Waals surface area (Å²) in [5.41, 5.74) is -0.194. The van der Waals surface area contributed by atoms with Crippen molar-refractivity contribution in [1.29, 1.82) is 5.26 Å². The van der Waals surface area contributed by atoms with Gasteiger partial charge in [-0.3, -0.25) is 4.90 Å². The SMILES string of the molecule is N#CC12C=CCN1CCC2. The van der Waals surface area contributed by atoms with Crippen LogP contribution in [0.3, 0.4) is 0 Å². The fourth-order valence-electron chi connectivity index (χ4n) is 1.88. The van der Waals surface area contributed by atoms with Crippen LogP contribution in [0.15, 0.2) is 12.2 Å². The Kier molecular flexibility index (Phi) is 1.09. The largest absolute Gasteiger partial charge is 0.279 e. The summed E-state index contributed by atoms with van der Waals surface area (Å²) in [6, 6.07) is 2.38. The van der Waals surface area contributed by atoms with Crippen LogP contribution in [0.1, 0.15) is 12.8 Å². The molecule has 0 aliphatic carbocycles. The van der Waals surface area contributed by atoms with Crippen molar-refractivity contribution in [2.45, 2.75) is 18.4 Å². The van der Waals surface area contributed by atoms with E-state index >= 15 is 0 Å². The second-order valence-corrected chi connectivity index (χ2v) is 2.99. The van der Waals surface area contributed by atoms with E-state index < -0.39 is 0 Å². The van der Waals surface area contributed by atoms with E-state index in [4.69, 9.17) is 5.26 Å². The molecule has 2 heterocycles. The van der Waals surface area contributed by atoms with Gasteiger partial charge in [0.2, 0.25) is 0 Å². The van der Waals surface area contributed by atoms with Gasteiger partial charge in [-0.1, -0.05) is 12.2 Å². The Morgan fingerprint density at radius 3 is 3.20 bits per heavy atom. The first-order valence-electron chi connectivity index (χ1n) is 3.71. The molecule has 2 rings (SSSR count). The highest BCUT2D eigenvalue weighted by Crippen LogP contribution is 2.33. The third-order valence-electron chi connectivity index (χ3n) is 2.46. The van der Waals surface area contributed by atoms with E-state index in [1.54, 1.807) is 0 Å². The van der Waals surface area contributed by atoms with Crippen molar-refractivity contribution in [3.63, 3.8) is 0 Å². The van der Waals surface area contributed by atoms with Gasteiger partial charge in [0.15, 0.2) is 0 Å². The van der Waals surface area contributed by atoms with Crippen molar-refractivity contribution in [2.24, 2.45) is 0 Å². The number of nitriles is 1. The lowest BCUT2D eigenvalue weighted by atomic mass is 10.0. The number of fused-ring (bicyclic) bond motifs is 1. The molecule has 0 amide bonds. The van der Waals surface area contributed by atoms with E-state index in [0.29, 0.717) is 0 Å². The normalized spacial score (nSPS) is 37.9. The molecule has 1 saturated heterocycles. The first-order chi connectivity index (χ1) is 4.87. The van der Waals surface area contributed by atoms with E-state index in [1.165, 1.54) is 6.42 Å². The van der Waals surface area contributed by atoms with Crippen LogP contribution in [-0.4, -0.2) is 23.5 Å². The molecule has 0 aromatic carbocycles. The third-order valence-corrected chi connectivity index (χ3v) is 2.46. The molecular formula is C8H10N2. The molecule has 0 aromatic heterocycles. The predicted molar refractivity (Wildman–Crippen MR) is 38.3 cm³/mol. The molecule has 2 aliphatic rings. The Balaban J connectivity index is 2.33. The molecule has 0 aromatic rings. The van der Waals surface area contributed by atoms with E-state index in [9.17, 15) is 0 Å². The second-order valence-electron chi connectivity index (χ2n) is 2.99. The molecule has 2 aliphatic heterocycles. The maximum atomic E-state index is 8.88. The Labute approximate surface area is 60.7 Å². The van der Waals surface area contributed by atoms with E-state index in [0.717, 1.165) is 19.5 Å². The number of hydrogen-bond donors (Lipinski definition) is 0. The summed E-state index contributed by atoms with van der Waals surface area (Å²) in [4.78, 5) is 2.24. The van der Waals surface area contributed by atoms with Crippen LogP contribution in [0.5, 0.6) is 0 Å². The molecule has 0 radical (unpaired) electrons. The third kappa shape index (κ3) is 0.559. The first-order valence-corrected chi connectivity index (χ1v) is 3.71. The molecule has 1 unspecified atom stereocenters. The summed E-state index contributed by atoms with van der Waals surface area (Å²) in [5, 5.41) is 8.88. The summed E-state index contributed by atoms with van der Waals surface area (Å²) in [6.07, 6.45) is 6.36. The highest BCUT2D eigenvalue weighted by molar-refractivity contribution is 5.28. The summed E-state index contributed by atoms with van der Waals surface area (Å²) < 4.78 is 0. The Morgan fingerprint density at radius 2 is 2.50 bits per heavy atom. The molecule has 1 fully saturated rings. The molecular weight excluding hydrogens is 124 g/mol. The minimum Gasteiger partial charge on any atom is -0.279 e. The maximum Gasteiger partial charge on any atom is 0.128 e. The van der Waals surface area contributed by atoms with Gasteiger partial charge in [0, 0.05) is 13.1 Å². The summed E-state index contributed by atoms with van der Waals surface area (Å²) in [7, 11) is 0. The Bertz CT molecular complexity index is 214. The standard InChI is InChI=1S/C8H10N2/c9-7-8-3-1-5-10(8)6-2-4-8/h1,3H,2,4-6H2. The average Bonchev–Trinajstić information content (AvgIpc) is 2.42. The van der Waals surface area contributed by atoms with Gasteiger partial charge in [-0.2, -0.15) is 5.26 Å². The fourth-order valence-corrected chi connectivity index (χ4v) is 1.88. The van der Waals surface area contributed by atoms with Crippen LogP contribution >= 0.6 is 0 Å². The van der Waals surface area contributed by atoms with Gasteiger partial charge < -0.3 is 0 Å². The maximum absolute atomic E-state index is 8.88. The Hall–Kier alpha value is -0.810. The predicted octanol–water partition coefficient (Wildman–Crippen LogP) is 0.914. The van der Waals surface area contributed by atoms with E-state index in [-0.39, 0.29) is 5.54 Å². The zero-order valence-corrected chi connectivity index (χ0v) is 5.88. The van der Waals surface area contributed by atoms with Crippen molar-refractivity contribution in [3.05, 3.63) is 12.2 Å². The van der Waals surface area contributed by atoms with Gasteiger partial charge in [-0.25, -0.2) is 0 Å². The lowest BCUT2D eigenvalue weighted by Crippen LogP contribution is -2.36. The number of hydrogen-bond acceptors (Lipinski definition) is 2. The zero-order valence-electron chi connectivity index (χ0n) is 5.88. The van der Waals surface area contributed by atoms with Gasteiger partial charge in [0.1, 0.15) is 5.54 Å². The summed E-state index contributed by atoms with van der Waals surface area (Å²) in [5.74, 6) is 0. The minimum atomic E-state index is -0.194. The highest BCUT2D eigenvalue weighted by Gasteiger charge is 2.40. The quantitative estimate of drug-likeness (QED) is 0.460. The monoisotopic (exact) mass is 134 g/mol. The van der Waals surface area contributed by atoms with Gasteiger partial charge in [-0.05, 0) is 12.8 Å². The molecule has 0 saturated carbocycles. The smallest absolute Gasteiger partial charge is 0.128 e. The van der Waals surface area contributed by atoms with Gasteiger partial charge in [-0.15, -0.1) is 0 Å². The first kappa shape index (κ1) is 5.94. The molecule has 0 N–H and O–H groups in total. The van der Waals surface area contributed by atoms with Crippen LogP contribution < -0.4 is 0 Å². The van der Waals surface area contributed by atoms with Gasteiger partial charge in [0.05, 0.1) is 6.07 Å². The van der Waals surface area contributed by atoms with Crippen molar-refractivity contribution in [1.82, 2.24) is 4.90 Å². The topological polar surface area (TPSA) is 27.0 Å². The summed E-state index contributed by atoms with van der Waals surface area (Å²) >= 11 is 0. The van der Waals surface area contributed by atoms with Gasteiger partial charge >= 0.3 is 0 Å².